The molecule has 27 heavy (non-hydrogen) atoms. The van der Waals surface area contributed by atoms with Crippen molar-refractivity contribution in [1.29, 1.82) is 0 Å². The van der Waals surface area contributed by atoms with Crippen LogP contribution >= 0.6 is 0 Å². The molecule has 0 bridgehead atoms. The van der Waals surface area contributed by atoms with Crippen LogP contribution < -0.4 is 10.0 Å². The number of carbonyl (C=O) groups excluding carboxylic acids is 2. The Bertz CT molecular complexity index is 1000. The van der Waals surface area contributed by atoms with E-state index < -0.39 is 22.0 Å². The highest BCUT2D eigenvalue weighted by atomic mass is 32.2. The van der Waals surface area contributed by atoms with Gasteiger partial charge in [-0.2, -0.15) is 0 Å². The van der Waals surface area contributed by atoms with Crippen molar-refractivity contribution < 1.29 is 27.9 Å². The Morgan fingerprint density at radius 1 is 1.15 bits per heavy atom. The minimum atomic E-state index is -3.92. The van der Waals surface area contributed by atoms with E-state index in [-0.39, 0.29) is 35.1 Å². The van der Waals surface area contributed by atoms with Gasteiger partial charge in [-0.15, -0.1) is 0 Å². The molecule has 0 unspecified atom stereocenters. The quantitative estimate of drug-likeness (QED) is 0.637. The Balaban J connectivity index is 1.77. The minimum Gasteiger partial charge on any atom is -0.478 e. The molecule has 3 amide bonds. The summed E-state index contributed by atoms with van der Waals surface area (Å²) in [6.45, 7) is -0.0367. The van der Waals surface area contributed by atoms with Crippen LogP contribution in [-0.4, -0.2) is 42.9 Å². The lowest BCUT2D eigenvalue weighted by atomic mass is 10.2. The molecule has 1 saturated heterocycles. The van der Waals surface area contributed by atoms with Gasteiger partial charge in [0, 0.05) is 5.69 Å². The first-order chi connectivity index (χ1) is 12.8. The standard InChI is InChI=1S/C17H15N3O6S/c21-15-9-18-17(24)20(15)10-11-2-1-3-13(8-11)19-27(25,26)14-6-4-12(5-7-14)16(22)23/h1-8,19H,9-10H2,(H,18,24)(H,22,23). The summed E-state index contributed by atoms with van der Waals surface area (Å²) < 4.78 is 27.3. The van der Waals surface area contributed by atoms with Crippen molar-refractivity contribution in [3.05, 3.63) is 59.7 Å². The van der Waals surface area contributed by atoms with Crippen LogP contribution in [0.2, 0.25) is 0 Å². The normalized spacial score (nSPS) is 14.1. The second-order valence-electron chi connectivity index (χ2n) is 5.77. The molecule has 0 saturated carbocycles. The van der Waals surface area contributed by atoms with E-state index in [1.807, 2.05) is 0 Å². The number of amides is 3. The lowest BCUT2D eigenvalue weighted by Crippen LogP contribution is -2.30. The molecule has 1 heterocycles. The number of benzene rings is 2. The van der Waals surface area contributed by atoms with E-state index in [0.717, 1.165) is 4.90 Å². The maximum absolute atomic E-state index is 12.5. The molecule has 2 aromatic rings. The monoisotopic (exact) mass is 389 g/mol. The summed E-state index contributed by atoms with van der Waals surface area (Å²) in [7, 11) is -3.92. The van der Waals surface area contributed by atoms with Crippen molar-refractivity contribution in [3.63, 3.8) is 0 Å². The number of aromatic carboxylic acids is 1. The zero-order valence-electron chi connectivity index (χ0n) is 13.9. The lowest BCUT2D eigenvalue weighted by Gasteiger charge is -2.14. The number of rotatable bonds is 6. The molecule has 0 aromatic heterocycles. The van der Waals surface area contributed by atoms with E-state index in [4.69, 9.17) is 5.11 Å². The summed E-state index contributed by atoms with van der Waals surface area (Å²) in [4.78, 5) is 35.1. The van der Waals surface area contributed by atoms with Crippen molar-refractivity contribution in [2.75, 3.05) is 11.3 Å². The van der Waals surface area contributed by atoms with Crippen LogP contribution in [0, 0.1) is 0 Å². The number of carbonyl (C=O) groups is 3. The number of hydrogen-bond donors (Lipinski definition) is 3. The van der Waals surface area contributed by atoms with Crippen LogP contribution in [0.3, 0.4) is 0 Å². The number of nitrogens with zero attached hydrogens (tertiary/aromatic N) is 1. The van der Waals surface area contributed by atoms with Gasteiger partial charge in [0.25, 0.3) is 10.0 Å². The number of sulfonamides is 1. The zero-order valence-corrected chi connectivity index (χ0v) is 14.7. The Hall–Kier alpha value is -3.40. The first-order valence-electron chi connectivity index (χ1n) is 7.79. The third-order valence-corrected chi connectivity index (χ3v) is 5.27. The molecule has 3 N–H and O–H groups in total. The van der Waals surface area contributed by atoms with Crippen LogP contribution in [0.5, 0.6) is 0 Å². The van der Waals surface area contributed by atoms with Crippen LogP contribution in [0.1, 0.15) is 15.9 Å². The highest BCUT2D eigenvalue weighted by molar-refractivity contribution is 7.92. The molecule has 2 aromatic carbocycles. The van der Waals surface area contributed by atoms with Crippen molar-refractivity contribution in [3.8, 4) is 0 Å². The van der Waals surface area contributed by atoms with Gasteiger partial charge in [-0.25, -0.2) is 18.0 Å². The van der Waals surface area contributed by atoms with Crippen LogP contribution in [0.4, 0.5) is 10.5 Å². The lowest BCUT2D eigenvalue weighted by molar-refractivity contribution is -0.125. The van der Waals surface area contributed by atoms with E-state index in [1.165, 1.54) is 36.4 Å². The summed E-state index contributed by atoms with van der Waals surface area (Å²) in [5.41, 5.74) is 0.799. The van der Waals surface area contributed by atoms with Crippen molar-refractivity contribution in [2.24, 2.45) is 0 Å². The maximum atomic E-state index is 12.5. The van der Waals surface area contributed by atoms with E-state index >= 15 is 0 Å². The fraction of sp³-hybridized carbons (Fsp3) is 0.118. The first-order valence-corrected chi connectivity index (χ1v) is 9.28. The third-order valence-electron chi connectivity index (χ3n) is 3.87. The Labute approximate surface area is 154 Å². The summed E-state index contributed by atoms with van der Waals surface area (Å²) in [5.74, 6) is -1.51. The van der Waals surface area contributed by atoms with Crippen LogP contribution in [0.15, 0.2) is 53.4 Å². The third kappa shape index (κ3) is 4.06. The average molecular weight is 389 g/mol. The molecule has 0 atom stereocenters. The predicted octanol–water partition coefficient (Wildman–Crippen LogP) is 1.24. The number of carboxylic acids is 1. The number of imide groups is 1. The minimum absolute atomic E-state index is 0.0214. The Kier molecular flexibility index (Phi) is 4.82. The predicted molar refractivity (Wildman–Crippen MR) is 94.6 cm³/mol. The summed E-state index contributed by atoms with van der Waals surface area (Å²) in [6.07, 6.45) is 0. The number of urea groups is 1. The molecule has 3 rings (SSSR count). The second kappa shape index (κ2) is 7.08. The molecule has 1 aliphatic heterocycles. The average Bonchev–Trinajstić information content (AvgIpc) is 2.94. The Morgan fingerprint density at radius 3 is 2.44 bits per heavy atom. The molecule has 1 aliphatic rings. The van der Waals surface area contributed by atoms with Crippen LogP contribution in [0.25, 0.3) is 0 Å². The number of nitrogens with one attached hydrogen (secondary N) is 2. The van der Waals surface area contributed by atoms with Crippen LogP contribution in [-0.2, 0) is 21.4 Å². The largest absolute Gasteiger partial charge is 0.478 e. The number of carboxylic acid groups (broad SMARTS) is 1. The van der Waals surface area contributed by atoms with Gasteiger partial charge in [-0.05, 0) is 42.0 Å². The molecule has 0 spiro atoms. The van der Waals surface area contributed by atoms with Crippen molar-refractivity contribution >= 4 is 33.6 Å². The van der Waals surface area contributed by atoms with E-state index in [1.54, 1.807) is 12.1 Å². The van der Waals surface area contributed by atoms with Gasteiger partial charge < -0.3 is 10.4 Å². The number of anilines is 1. The topological polar surface area (TPSA) is 133 Å². The van der Waals surface area contributed by atoms with E-state index in [0.29, 0.717) is 5.56 Å². The summed E-state index contributed by atoms with van der Waals surface area (Å²) in [6, 6.07) is 10.6. The molecular weight excluding hydrogens is 374 g/mol. The zero-order chi connectivity index (χ0) is 19.6. The van der Waals surface area contributed by atoms with Gasteiger partial charge in [-0.3, -0.25) is 14.4 Å². The summed E-state index contributed by atoms with van der Waals surface area (Å²) in [5, 5.41) is 11.3. The van der Waals surface area contributed by atoms with Crippen molar-refractivity contribution in [2.45, 2.75) is 11.4 Å². The van der Waals surface area contributed by atoms with E-state index in [2.05, 4.69) is 10.0 Å². The van der Waals surface area contributed by atoms with Gasteiger partial charge in [-0.1, -0.05) is 12.1 Å². The molecule has 9 nitrogen and oxygen atoms in total. The SMILES string of the molecule is O=C(O)c1ccc(S(=O)(=O)Nc2cccc(CN3C(=O)CNC3=O)c2)cc1. The van der Waals surface area contributed by atoms with Gasteiger partial charge in [0.1, 0.15) is 0 Å². The van der Waals surface area contributed by atoms with Gasteiger partial charge >= 0.3 is 12.0 Å². The highest BCUT2D eigenvalue weighted by Gasteiger charge is 2.28. The maximum Gasteiger partial charge on any atom is 0.335 e. The molecule has 1 fully saturated rings. The fourth-order valence-corrected chi connectivity index (χ4v) is 3.57. The second-order valence-corrected chi connectivity index (χ2v) is 7.46. The van der Waals surface area contributed by atoms with Gasteiger partial charge in [0.15, 0.2) is 0 Å². The first kappa shape index (κ1) is 18.4. The molecule has 0 radical (unpaired) electrons. The van der Waals surface area contributed by atoms with E-state index in [9.17, 15) is 22.8 Å². The smallest absolute Gasteiger partial charge is 0.335 e. The van der Waals surface area contributed by atoms with Gasteiger partial charge in [0.05, 0.1) is 23.5 Å². The highest BCUT2D eigenvalue weighted by Crippen LogP contribution is 2.19. The van der Waals surface area contributed by atoms with Gasteiger partial charge in [0.2, 0.25) is 5.91 Å². The molecule has 0 aliphatic carbocycles. The molecule has 140 valence electrons. The van der Waals surface area contributed by atoms with Crippen molar-refractivity contribution in [1.82, 2.24) is 10.2 Å². The fourth-order valence-electron chi connectivity index (χ4n) is 2.52. The molecule has 10 heteroatoms. The number of hydrogen-bond acceptors (Lipinski definition) is 5. The summed E-state index contributed by atoms with van der Waals surface area (Å²) >= 11 is 0. The molecular formula is C17H15N3O6S. The Morgan fingerprint density at radius 2 is 1.85 bits per heavy atom.